The minimum Gasteiger partial charge on any atom is -0.508 e. The van der Waals surface area contributed by atoms with Crippen LogP contribution in [0.3, 0.4) is 0 Å². The molecule has 2 rings (SSSR count). The van der Waals surface area contributed by atoms with Gasteiger partial charge >= 0.3 is 0 Å². The summed E-state index contributed by atoms with van der Waals surface area (Å²) in [5.74, 6) is -0.312. The lowest BCUT2D eigenvalue weighted by Gasteiger charge is -2.10. The Kier molecular flexibility index (Phi) is 2.06. The number of nitrogens with zero attached hydrogens (tertiary/aromatic N) is 1. The molecule has 0 radical (unpaired) electrons. The van der Waals surface area contributed by atoms with E-state index in [-0.39, 0.29) is 17.1 Å². The molecule has 0 aliphatic heterocycles. The van der Waals surface area contributed by atoms with E-state index in [2.05, 4.69) is 0 Å². The van der Waals surface area contributed by atoms with Gasteiger partial charge < -0.3 is 15.3 Å². The maximum Gasteiger partial charge on any atom is 0.137 e. The molecular formula is C11H11NO3. The van der Waals surface area contributed by atoms with E-state index in [0.29, 0.717) is 12.0 Å². The normalized spacial score (nSPS) is 17.1. The van der Waals surface area contributed by atoms with E-state index >= 15 is 0 Å². The predicted octanol–water partition coefficient (Wildman–Crippen LogP) is 1.04. The predicted molar refractivity (Wildman–Crippen MR) is 52.4 cm³/mol. The van der Waals surface area contributed by atoms with Crippen LogP contribution in [-0.2, 0) is 6.42 Å². The van der Waals surface area contributed by atoms with Crippen molar-refractivity contribution in [1.29, 1.82) is 5.26 Å². The highest BCUT2D eigenvalue weighted by Gasteiger charge is 2.40. The van der Waals surface area contributed by atoms with Crippen LogP contribution in [-0.4, -0.2) is 20.9 Å². The number of rotatable bonds is 2. The van der Waals surface area contributed by atoms with E-state index in [4.69, 9.17) is 5.26 Å². The monoisotopic (exact) mass is 205 g/mol. The summed E-state index contributed by atoms with van der Waals surface area (Å²) < 4.78 is 0. The summed E-state index contributed by atoms with van der Waals surface area (Å²) in [5.41, 5.74) is -0.0994. The van der Waals surface area contributed by atoms with E-state index < -0.39 is 5.60 Å². The second-order valence-electron chi connectivity index (χ2n) is 4.01. The van der Waals surface area contributed by atoms with Crippen LogP contribution in [0.15, 0.2) is 12.1 Å². The third-order valence-corrected chi connectivity index (χ3v) is 2.66. The topological polar surface area (TPSA) is 84.5 Å². The van der Waals surface area contributed by atoms with Gasteiger partial charge in [0.1, 0.15) is 17.6 Å². The molecule has 1 aromatic rings. The number of phenols is 2. The van der Waals surface area contributed by atoms with Crippen LogP contribution in [0.1, 0.15) is 24.0 Å². The van der Waals surface area contributed by atoms with Crippen molar-refractivity contribution in [3.8, 4) is 17.6 Å². The SMILES string of the molecule is N#Cc1cc(CC2(O)CC2)c(O)cc1O. The molecule has 4 nitrogen and oxygen atoms in total. The zero-order valence-corrected chi connectivity index (χ0v) is 8.06. The molecule has 0 amide bonds. The molecule has 1 aliphatic carbocycles. The fraction of sp³-hybridized carbons (Fsp3) is 0.364. The summed E-state index contributed by atoms with van der Waals surface area (Å²) in [6.07, 6.45) is 1.76. The molecule has 0 heterocycles. The number of nitriles is 1. The zero-order chi connectivity index (χ0) is 11.1. The summed E-state index contributed by atoms with van der Waals surface area (Å²) in [6.45, 7) is 0. The summed E-state index contributed by atoms with van der Waals surface area (Å²) in [7, 11) is 0. The molecule has 1 saturated carbocycles. The summed E-state index contributed by atoms with van der Waals surface area (Å²) in [4.78, 5) is 0. The van der Waals surface area contributed by atoms with Crippen LogP contribution < -0.4 is 0 Å². The summed E-state index contributed by atoms with van der Waals surface area (Å²) in [5, 5.41) is 37.2. The van der Waals surface area contributed by atoms with Crippen molar-refractivity contribution in [2.24, 2.45) is 0 Å². The Morgan fingerprint density at radius 2 is 1.93 bits per heavy atom. The van der Waals surface area contributed by atoms with Crippen LogP contribution in [0.4, 0.5) is 0 Å². The van der Waals surface area contributed by atoms with Crippen molar-refractivity contribution in [1.82, 2.24) is 0 Å². The first-order valence-corrected chi connectivity index (χ1v) is 4.71. The van der Waals surface area contributed by atoms with Gasteiger partial charge in [-0.15, -0.1) is 0 Å². The number of phenolic OH excluding ortho intramolecular Hbond substituents is 2. The molecule has 0 bridgehead atoms. The molecular weight excluding hydrogens is 194 g/mol. The Morgan fingerprint density at radius 3 is 2.47 bits per heavy atom. The highest BCUT2D eigenvalue weighted by Crippen LogP contribution is 2.40. The molecule has 0 unspecified atom stereocenters. The smallest absolute Gasteiger partial charge is 0.137 e. The molecule has 0 spiro atoms. The lowest BCUT2D eigenvalue weighted by Crippen LogP contribution is -2.10. The summed E-state index contributed by atoms with van der Waals surface area (Å²) in [6, 6.07) is 4.38. The number of aliphatic hydroxyl groups is 1. The first-order chi connectivity index (χ1) is 7.04. The van der Waals surface area contributed by atoms with E-state index in [0.717, 1.165) is 18.9 Å². The van der Waals surface area contributed by atoms with Gasteiger partial charge in [-0.25, -0.2) is 0 Å². The summed E-state index contributed by atoms with van der Waals surface area (Å²) >= 11 is 0. The number of hydrogen-bond acceptors (Lipinski definition) is 4. The maximum atomic E-state index is 9.68. The molecule has 0 saturated heterocycles. The molecule has 4 heteroatoms. The van der Waals surface area contributed by atoms with Crippen molar-refractivity contribution in [3.63, 3.8) is 0 Å². The van der Waals surface area contributed by atoms with Crippen LogP contribution in [0.2, 0.25) is 0 Å². The van der Waals surface area contributed by atoms with Gasteiger partial charge in [-0.3, -0.25) is 0 Å². The van der Waals surface area contributed by atoms with Gasteiger partial charge in [0.05, 0.1) is 11.2 Å². The third kappa shape index (κ3) is 1.88. The Bertz CT molecular complexity index is 444. The first-order valence-electron chi connectivity index (χ1n) is 4.71. The molecule has 1 fully saturated rings. The lowest BCUT2D eigenvalue weighted by molar-refractivity contribution is 0.150. The quantitative estimate of drug-likeness (QED) is 0.673. The zero-order valence-electron chi connectivity index (χ0n) is 8.06. The van der Waals surface area contributed by atoms with E-state index in [1.54, 1.807) is 0 Å². The highest BCUT2D eigenvalue weighted by molar-refractivity contribution is 5.51. The lowest BCUT2D eigenvalue weighted by atomic mass is 10.0. The first kappa shape index (κ1) is 9.81. The molecule has 15 heavy (non-hydrogen) atoms. The van der Waals surface area contributed by atoms with Crippen molar-refractivity contribution >= 4 is 0 Å². The largest absolute Gasteiger partial charge is 0.508 e. The standard InChI is InChI=1S/C11H11NO3/c12-6-8-3-7(5-11(15)1-2-11)9(13)4-10(8)14/h3-4,13-15H,1-2,5H2. The molecule has 0 aromatic heterocycles. The highest BCUT2D eigenvalue weighted by atomic mass is 16.3. The second-order valence-corrected chi connectivity index (χ2v) is 4.01. The van der Waals surface area contributed by atoms with Crippen molar-refractivity contribution in [3.05, 3.63) is 23.3 Å². The fourth-order valence-electron chi connectivity index (χ4n) is 1.53. The Labute approximate surface area is 87.0 Å². The van der Waals surface area contributed by atoms with Gasteiger partial charge in [0.2, 0.25) is 0 Å². The van der Waals surface area contributed by atoms with E-state index in [1.165, 1.54) is 6.07 Å². The minimum atomic E-state index is -0.721. The van der Waals surface area contributed by atoms with Crippen LogP contribution in [0, 0.1) is 11.3 Å². The third-order valence-electron chi connectivity index (χ3n) is 2.66. The van der Waals surface area contributed by atoms with Gasteiger partial charge in [-0.2, -0.15) is 5.26 Å². The van der Waals surface area contributed by atoms with Gasteiger partial charge in [0, 0.05) is 12.5 Å². The average molecular weight is 205 g/mol. The van der Waals surface area contributed by atoms with E-state index in [1.807, 2.05) is 6.07 Å². The van der Waals surface area contributed by atoms with Gasteiger partial charge in [-0.1, -0.05) is 0 Å². The fourth-order valence-corrected chi connectivity index (χ4v) is 1.53. The molecule has 78 valence electrons. The van der Waals surface area contributed by atoms with Gasteiger partial charge in [0.15, 0.2) is 0 Å². The van der Waals surface area contributed by atoms with Gasteiger partial charge in [-0.05, 0) is 24.5 Å². The van der Waals surface area contributed by atoms with Crippen LogP contribution >= 0.6 is 0 Å². The number of aromatic hydroxyl groups is 2. The van der Waals surface area contributed by atoms with Gasteiger partial charge in [0.25, 0.3) is 0 Å². The Morgan fingerprint density at radius 1 is 1.27 bits per heavy atom. The van der Waals surface area contributed by atoms with Crippen LogP contribution in [0.25, 0.3) is 0 Å². The van der Waals surface area contributed by atoms with E-state index in [9.17, 15) is 15.3 Å². The molecule has 0 atom stereocenters. The second kappa shape index (κ2) is 3.14. The average Bonchev–Trinajstić information content (AvgIpc) is 2.89. The van der Waals surface area contributed by atoms with Crippen molar-refractivity contribution < 1.29 is 15.3 Å². The number of hydrogen-bond donors (Lipinski definition) is 3. The van der Waals surface area contributed by atoms with Crippen LogP contribution in [0.5, 0.6) is 11.5 Å². The maximum absolute atomic E-state index is 9.68. The Hall–Kier alpha value is -1.73. The molecule has 1 aromatic carbocycles. The Balaban J connectivity index is 2.35. The molecule has 1 aliphatic rings. The van der Waals surface area contributed by atoms with Crippen molar-refractivity contribution in [2.75, 3.05) is 0 Å². The molecule has 3 N–H and O–H groups in total. The van der Waals surface area contributed by atoms with Crippen molar-refractivity contribution in [2.45, 2.75) is 24.9 Å². The number of benzene rings is 1. The minimum absolute atomic E-state index is 0.0770.